The molecule has 2 bridgehead atoms. The van der Waals surface area contributed by atoms with Crippen LogP contribution in [0.2, 0.25) is 0 Å². The fourth-order valence-corrected chi connectivity index (χ4v) is 5.80. The third kappa shape index (κ3) is 2.24. The summed E-state index contributed by atoms with van der Waals surface area (Å²) >= 11 is 0. The van der Waals surface area contributed by atoms with E-state index in [0.717, 1.165) is 37.8 Å². The highest BCUT2D eigenvalue weighted by molar-refractivity contribution is 5.87. The van der Waals surface area contributed by atoms with Crippen LogP contribution in [0.3, 0.4) is 0 Å². The van der Waals surface area contributed by atoms with Crippen LogP contribution in [-0.4, -0.2) is 27.9 Å². The molecule has 2 heterocycles. The largest absolute Gasteiger partial charge is 0.323 e. The molecule has 0 radical (unpaired) electrons. The maximum absolute atomic E-state index is 13.6. The van der Waals surface area contributed by atoms with Gasteiger partial charge < -0.3 is 9.88 Å². The highest BCUT2D eigenvalue weighted by Gasteiger charge is 2.49. The van der Waals surface area contributed by atoms with Gasteiger partial charge in [-0.3, -0.25) is 4.79 Å². The molecule has 1 atom stereocenters. The fraction of sp³-hybridized carbons (Fsp3) is 0.545. The van der Waals surface area contributed by atoms with E-state index in [1.54, 1.807) is 0 Å². The molecule has 0 amide bonds. The third-order valence-corrected chi connectivity index (χ3v) is 7.57. The van der Waals surface area contributed by atoms with Gasteiger partial charge in [0.05, 0.1) is 24.3 Å². The predicted molar refractivity (Wildman–Crippen MR) is 102 cm³/mol. The summed E-state index contributed by atoms with van der Waals surface area (Å²) < 4.78 is 2.20. The average molecular weight is 349 g/mol. The van der Waals surface area contributed by atoms with E-state index in [1.165, 1.54) is 24.0 Å². The van der Waals surface area contributed by atoms with Crippen LogP contribution in [0, 0.1) is 5.41 Å². The smallest absolute Gasteiger partial charge is 0.141 e. The molecule has 3 aliphatic carbocycles. The number of carbonyl (C=O) groups excluding carboxylic acids is 1. The van der Waals surface area contributed by atoms with Gasteiger partial charge in [0.1, 0.15) is 5.78 Å². The molecule has 4 heteroatoms. The van der Waals surface area contributed by atoms with Crippen LogP contribution >= 0.6 is 0 Å². The number of nitrogens with one attached hydrogen (secondary N) is 1. The summed E-state index contributed by atoms with van der Waals surface area (Å²) in [6, 6.07) is 8.60. The number of hydrogen-bond donors (Lipinski definition) is 1. The fourth-order valence-electron chi connectivity index (χ4n) is 5.80. The summed E-state index contributed by atoms with van der Waals surface area (Å²) in [6.07, 6.45) is 12.3. The Bertz CT molecular complexity index is 845. The first-order valence-corrected chi connectivity index (χ1v) is 10.00. The molecule has 1 unspecified atom stereocenters. The number of benzene rings is 1. The van der Waals surface area contributed by atoms with Crippen molar-refractivity contribution < 1.29 is 4.79 Å². The van der Waals surface area contributed by atoms with Crippen LogP contribution in [0.4, 0.5) is 0 Å². The first-order valence-electron chi connectivity index (χ1n) is 10.00. The molecule has 0 spiro atoms. The van der Waals surface area contributed by atoms with E-state index in [-0.39, 0.29) is 17.0 Å². The maximum atomic E-state index is 13.6. The zero-order chi connectivity index (χ0) is 17.8. The second-order valence-corrected chi connectivity index (χ2v) is 8.58. The van der Waals surface area contributed by atoms with Gasteiger partial charge in [-0.1, -0.05) is 30.7 Å². The molecule has 1 aromatic carbocycles. The monoisotopic (exact) mass is 349 g/mol. The molecule has 0 saturated heterocycles. The highest BCUT2D eigenvalue weighted by atomic mass is 16.1. The van der Waals surface area contributed by atoms with Gasteiger partial charge in [-0.05, 0) is 51.1 Å². The predicted octanol–water partition coefficient (Wildman–Crippen LogP) is 4.11. The van der Waals surface area contributed by atoms with Crippen molar-refractivity contribution in [2.75, 3.05) is 7.05 Å². The molecule has 4 aliphatic rings. The van der Waals surface area contributed by atoms with E-state index in [2.05, 4.69) is 46.2 Å². The van der Waals surface area contributed by atoms with Crippen LogP contribution in [0.5, 0.6) is 0 Å². The van der Waals surface area contributed by atoms with Gasteiger partial charge >= 0.3 is 0 Å². The molecule has 136 valence electrons. The molecule has 26 heavy (non-hydrogen) atoms. The zero-order valence-corrected chi connectivity index (χ0v) is 15.5. The normalized spacial score (nSPS) is 32.1. The molecule has 4 nitrogen and oxygen atoms in total. The van der Waals surface area contributed by atoms with Gasteiger partial charge in [-0.25, -0.2) is 4.98 Å². The Balaban J connectivity index is 1.43. The molecule has 1 N–H and O–H groups in total. The van der Waals surface area contributed by atoms with Crippen molar-refractivity contribution in [2.45, 2.75) is 62.9 Å². The lowest BCUT2D eigenvalue weighted by Gasteiger charge is -2.42. The van der Waals surface area contributed by atoms with E-state index in [9.17, 15) is 4.79 Å². The Morgan fingerprint density at radius 2 is 2.00 bits per heavy atom. The van der Waals surface area contributed by atoms with Gasteiger partial charge in [0, 0.05) is 22.9 Å². The van der Waals surface area contributed by atoms with E-state index in [1.807, 2.05) is 12.5 Å². The number of hydrogen-bond acceptors (Lipinski definition) is 3. The number of Topliss-reactive ketones (excluding diaryl/α,β-unsaturated/α-hetero) is 1. The van der Waals surface area contributed by atoms with Gasteiger partial charge in [-0.2, -0.15) is 0 Å². The molecular weight excluding hydrogens is 322 g/mol. The topological polar surface area (TPSA) is 46.9 Å². The summed E-state index contributed by atoms with van der Waals surface area (Å²) in [5.41, 5.74) is 3.87. The highest BCUT2D eigenvalue weighted by Crippen LogP contribution is 2.52. The van der Waals surface area contributed by atoms with E-state index in [0.29, 0.717) is 12.2 Å². The van der Waals surface area contributed by atoms with E-state index < -0.39 is 0 Å². The van der Waals surface area contributed by atoms with Gasteiger partial charge in [0.15, 0.2) is 0 Å². The van der Waals surface area contributed by atoms with E-state index >= 15 is 0 Å². The summed E-state index contributed by atoms with van der Waals surface area (Å²) in [7, 11) is 2.09. The number of rotatable bonds is 4. The molecule has 3 saturated carbocycles. The van der Waals surface area contributed by atoms with Crippen molar-refractivity contribution in [1.29, 1.82) is 0 Å². The molecule has 1 aliphatic heterocycles. The first-order chi connectivity index (χ1) is 12.7. The number of nitrogens with zero attached hydrogens (tertiary/aromatic N) is 2. The number of carbonyl (C=O) groups is 1. The Hall–Kier alpha value is -1.94. The minimum absolute atomic E-state index is 0.0882. The minimum Gasteiger partial charge on any atom is -0.323 e. The molecular formula is C22H27N3O. The Labute approximate surface area is 155 Å². The Kier molecular flexibility index (Phi) is 3.61. The maximum Gasteiger partial charge on any atom is 0.141 e. The summed E-state index contributed by atoms with van der Waals surface area (Å²) in [4.78, 5) is 17.9. The minimum atomic E-state index is -0.0882. The molecule has 1 aromatic heterocycles. The molecule has 6 rings (SSSR count). The van der Waals surface area contributed by atoms with Crippen molar-refractivity contribution in [3.05, 3.63) is 42.4 Å². The lowest BCUT2D eigenvalue weighted by Crippen LogP contribution is -2.47. The second-order valence-electron chi connectivity index (χ2n) is 8.58. The lowest BCUT2D eigenvalue weighted by molar-refractivity contribution is -0.131. The lowest BCUT2D eigenvalue weighted by atomic mass is 9.65. The summed E-state index contributed by atoms with van der Waals surface area (Å²) in [5.74, 6) is 0.477. The van der Waals surface area contributed by atoms with Gasteiger partial charge in [-0.15, -0.1) is 0 Å². The van der Waals surface area contributed by atoms with Crippen LogP contribution < -0.4 is 5.32 Å². The van der Waals surface area contributed by atoms with Gasteiger partial charge in [0.25, 0.3) is 0 Å². The Morgan fingerprint density at radius 3 is 2.81 bits per heavy atom. The number of fused-ring (bicyclic) bond motifs is 7. The van der Waals surface area contributed by atoms with Crippen LogP contribution in [0.25, 0.3) is 11.3 Å². The number of aromatic nitrogens is 2. The van der Waals surface area contributed by atoms with Crippen LogP contribution in [-0.2, 0) is 4.79 Å². The van der Waals surface area contributed by atoms with Gasteiger partial charge in [0.2, 0.25) is 0 Å². The molecule has 3 fully saturated rings. The van der Waals surface area contributed by atoms with Crippen LogP contribution in [0.15, 0.2) is 36.8 Å². The molecule has 2 aromatic rings. The summed E-state index contributed by atoms with van der Waals surface area (Å²) in [6.45, 7) is 0. The SMILES string of the molecule is CNC12CCCC(C(=O)CC3c4ccccc4-c4cncn43)(CC1)CC2. The van der Waals surface area contributed by atoms with Crippen molar-refractivity contribution in [1.82, 2.24) is 14.9 Å². The third-order valence-electron chi connectivity index (χ3n) is 7.57. The quantitative estimate of drug-likeness (QED) is 0.903. The van der Waals surface area contributed by atoms with Crippen molar-refractivity contribution >= 4 is 5.78 Å². The standard InChI is InChI=1S/C22H27N3O/c1-23-22-8-4-7-21(9-11-22,10-12-22)20(26)13-18-16-5-2-3-6-17(16)19-14-24-15-25(18)19/h2-3,5-6,14-15,18,23H,4,7-13H2,1H3. The van der Waals surface area contributed by atoms with E-state index in [4.69, 9.17) is 0 Å². The number of ketones is 1. The van der Waals surface area contributed by atoms with Crippen molar-refractivity contribution in [2.24, 2.45) is 5.41 Å². The van der Waals surface area contributed by atoms with Crippen LogP contribution in [0.1, 0.15) is 63.0 Å². The zero-order valence-electron chi connectivity index (χ0n) is 15.5. The second kappa shape index (κ2) is 5.78. The average Bonchev–Trinajstić information content (AvgIpc) is 3.13. The number of imidazole rings is 1. The first kappa shape index (κ1) is 16.2. The Morgan fingerprint density at radius 1 is 1.19 bits per heavy atom. The summed E-state index contributed by atoms with van der Waals surface area (Å²) in [5, 5.41) is 3.57. The van der Waals surface area contributed by atoms with Crippen molar-refractivity contribution in [3.63, 3.8) is 0 Å². The van der Waals surface area contributed by atoms with Crippen molar-refractivity contribution in [3.8, 4) is 11.3 Å².